The molecule has 1 aliphatic rings. The number of nitrogens with zero attached hydrogens (tertiary/aromatic N) is 4. The molecule has 27 heavy (non-hydrogen) atoms. The Morgan fingerprint density at radius 2 is 2.15 bits per heavy atom. The zero-order chi connectivity index (χ0) is 19.1. The summed E-state index contributed by atoms with van der Waals surface area (Å²) in [6.45, 7) is 4.54. The SMILES string of the molecule is CC1CN(c2c(CO)cc3c(-c4scnc4C#N)noc3c2F)CC(C)O1. The monoisotopic (exact) mass is 388 g/mol. The summed E-state index contributed by atoms with van der Waals surface area (Å²) in [7, 11) is 0. The number of rotatable bonds is 3. The van der Waals surface area contributed by atoms with Crippen molar-refractivity contribution in [1.29, 1.82) is 5.26 Å². The van der Waals surface area contributed by atoms with Gasteiger partial charge >= 0.3 is 0 Å². The van der Waals surface area contributed by atoms with Crippen molar-refractivity contribution in [2.45, 2.75) is 32.7 Å². The zero-order valence-corrected chi connectivity index (χ0v) is 15.6. The molecule has 1 aliphatic heterocycles. The third-order valence-electron chi connectivity index (χ3n) is 4.55. The van der Waals surface area contributed by atoms with Gasteiger partial charge in [-0.2, -0.15) is 5.26 Å². The summed E-state index contributed by atoms with van der Waals surface area (Å²) in [6.07, 6.45) is -0.118. The first-order chi connectivity index (χ1) is 13.0. The van der Waals surface area contributed by atoms with Gasteiger partial charge in [0.05, 0.1) is 40.3 Å². The smallest absolute Gasteiger partial charge is 0.205 e. The minimum atomic E-state index is -0.570. The van der Waals surface area contributed by atoms with Crippen molar-refractivity contribution in [3.63, 3.8) is 0 Å². The number of aromatic nitrogens is 2. The van der Waals surface area contributed by atoms with Gasteiger partial charge < -0.3 is 19.3 Å². The van der Waals surface area contributed by atoms with Crippen LogP contribution in [0, 0.1) is 17.1 Å². The Kier molecular flexibility index (Phi) is 4.55. The van der Waals surface area contributed by atoms with Crippen molar-refractivity contribution in [3.8, 4) is 16.6 Å². The second-order valence-electron chi connectivity index (χ2n) is 6.57. The van der Waals surface area contributed by atoms with Crippen molar-refractivity contribution in [3.05, 3.63) is 28.7 Å². The molecule has 1 fully saturated rings. The molecule has 0 radical (unpaired) electrons. The van der Waals surface area contributed by atoms with Crippen LogP contribution in [0.1, 0.15) is 25.1 Å². The Labute approximate surface area is 158 Å². The number of halogens is 1. The number of hydrogen-bond acceptors (Lipinski definition) is 8. The van der Waals surface area contributed by atoms with Crippen LogP contribution < -0.4 is 4.90 Å². The second kappa shape index (κ2) is 6.88. The summed E-state index contributed by atoms with van der Waals surface area (Å²) < 4.78 is 26.4. The van der Waals surface area contributed by atoms with Crippen LogP contribution in [0.25, 0.3) is 21.5 Å². The highest BCUT2D eigenvalue weighted by Gasteiger charge is 2.29. The molecule has 0 aliphatic carbocycles. The molecule has 0 amide bonds. The minimum Gasteiger partial charge on any atom is -0.392 e. The van der Waals surface area contributed by atoms with Gasteiger partial charge in [0, 0.05) is 18.7 Å². The predicted molar refractivity (Wildman–Crippen MR) is 97.9 cm³/mol. The number of thiazole rings is 1. The van der Waals surface area contributed by atoms with Crippen molar-refractivity contribution in [1.82, 2.24) is 10.1 Å². The number of fused-ring (bicyclic) bond motifs is 1. The minimum absolute atomic E-state index is 0.00119. The van der Waals surface area contributed by atoms with Gasteiger partial charge in [0.1, 0.15) is 11.8 Å². The molecule has 1 aromatic carbocycles. The molecule has 0 bridgehead atoms. The summed E-state index contributed by atoms with van der Waals surface area (Å²) in [5.74, 6) is -0.570. The fourth-order valence-electron chi connectivity index (χ4n) is 3.56. The van der Waals surface area contributed by atoms with Crippen molar-refractivity contribution >= 4 is 28.0 Å². The summed E-state index contributed by atoms with van der Waals surface area (Å²) in [4.78, 5) is 6.37. The lowest BCUT2D eigenvalue weighted by Gasteiger charge is -2.37. The lowest BCUT2D eigenvalue weighted by atomic mass is 10.0. The number of hydrogen-bond donors (Lipinski definition) is 1. The van der Waals surface area contributed by atoms with Crippen LogP contribution in [-0.4, -0.2) is 40.5 Å². The highest BCUT2D eigenvalue weighted by Crippen LogP contribution is 2.39. The Morgan fingerprint density at radius 3 is 2.81 bits per heavy atom. The normalized spacial score (nSPS) is 20.2. The number of nitriles is 1. The third kappa shape index (κ3) is 2.96. The molecule has 3 heterocycles. The number of aliphatic hydroxyl groups is 1. The van der Waals surface area contributed by atoms with Crippen LogP contribution in [0.4, 0.5) is 10.1 Å². The van der Waals surface area contributed by atoms with Gasteiger partial charge in [-0.25, -0.2) is 9.37 Å². The fraction of sp³-hybridized carbons (Fsp3) is 0.389. The van der Waals surface area contributed by atoms with E-state index in [4.69, 9.17) is 9.26 Å². The number of ether oxygens (including phenoxy) is 1. The van der Waals surface area contributed by atoms with Crippen LogP contribution in [0.15, 0.2) is 16.1 Å². The molecule has 7 nitrogen and oxygen atoms in total. The quantitative estimate of drug-likeness (QED) is 0.737. The van der Waals surface area contributed by atoms with Crippen LogP contribution in [0.2, 0.25) is 0 Å². The molecule has 1 N–H and O–H groups in total. The van der Waals surface area contributed by atoms with E-state index < -0.39 is 5.82 Å². The molecule has 0 saturated carbocycles. The highest BCUT2D eigenvalue weighted by molar-refractivity contribution is 7.13. The Morgan fingerprint density at radius 1 is 1.41 bits per heavy atom. The molecule has 9 heteroatoms. The lowest BCUT2D eigenvalue weighted by molar-refractivity contribution is -0.00549. The summed E-state index contributed by atoms with van der Waals surface area (Å²) in [6, 6.07) is 3.67. The predicted octanol–water partition coefficient (Wildman–Crippen LogP) is 3.07. The summed E-state index contributed by atoms with van der Waals surface area (Å²) >= 11 is 1.23. The van der Waals surface area contributed by atoms with Gasteiger partial charge in [-0.3, -0.25) is 0 Å². The molecule has 2 atom stereocenters. The maximum Gasteiger partial charge on any atom is 0.205 e. The number of benzene rings is 1. The number of morpholine rings is 1. The largest absolute Gasteiger partial charge is 0.392 e. The molecule has 3 aromatic rings. The molecule has 1 saturated heterocycles. The highest BCUT2D eigenvalue weighted by atomic mass is 32.1. The maximum atomic E-state index is 15.4. The first-order valence-corrected chi connectivity index (χ1v) is 9.37. The molecular formula is C18H17FN4O3S. The van der Waals surface area contributed by atoms with Crippen molar-refractivity contribution in [2.24, 2.45) is 0 Å². The molecule has 0 spiro atoms. The van der Waals surface area contributed by atoms with E-state index >= 15 is 4.39 Å². The molecule has 140 valence electrons. The standard InChI is InChI=1S/C18H17FN4O3S/c1-9-5-23(6-10(2)25-9)16-11(7-24)3-12-15(22-26-17(12)14(16)19)18-13(4-20)21-8-27-18/h3,8-10,24H,5-7H2,1-2H3. The first kappa shape index (κ1) is 17.9. The Hall–Kier alpha value is -2.54. The van der Waals surface area contributed by atoms with Gasteiger partial charge in [0.2, 0.25) is 5.58 Å². The van der Waals surface area contributed by atoms with E-state index in [1.807, 2.05) is 24.8 Å². The molecule has 2 aromatic heterocycles. The van der Waals surface area contributed by atoms with Gasteiger partial charge in [0.15, 0.2) is 11.5 Å². The van der Waals surface area contributed by atoms with E-state index in [9.17, 15) is 10.4 Å². The summed E-state index contributed by atoms with van der Waals surface area (Å²) in [5.41, 5.74) is 2.84. The van der Waals surface area contributed by atoms with E-state index in [1.54, 1.807) is 6.07 Å². The van der Waals surface area contributed by atoms with Crippen molar-refractivity contribution < 1.29 is 18.8 Å². The number of anilines is 1. The topological polar surface area (TPSA) is 95.4 Å². The average molecular weight is 388 g/mol. The number of aliphatic hydroxyl groups excluding tert-OH is 1. The second-order valence-corrected chi connectivity index (χ2v) is 7.42. The maximum absolute atomic E-state index is 15.4. The van der Waals surface area contributed by atoms with Crippen LogP contribution in [0.3, 0.4) is 0 Å². The van der Waals surface area contributed by atoms with Crippen LogP contribution in [0.5, 0.6) is 0 Å². The molecule has 4 rings (SSSR count). The van der Waals surface area contributed by atoms with Gasteiger partial charge in [-0.1, -0.05) is 5.16 Å². The van der Waals surface area contributed by atoms with Gasteiger partial charge in [0.25, 0.3) is 0 Å². The fourth-order valence-corrected chi connectivity index (χ4v) is 4.29. The van der Waals surface area contributed by atoms with Crippen LogP contribution >= 0.6 is 11.3 Å². The lowest BCUT2D eigenvalue weighted by Crippen LogP contribution is -2.46. The van der Waals surface area contributed by atoms with Crippen molar-refractivity contribution in [2.75, 3.05) is 18.0 Å². The zero-order valence-electron chi connectivity index (χ0n) is 14.8. The third-order valence-corrected chi connectivity index (χ3v) is 5.39. The van der Waals surface area contributed by atoms with Gasteiger partial charge in [-0.05, 0) is 19.9 Å². The van der Waals surface area contributed by atoms with E-state index in [0.29, 0.717) is 40.3 Å². The van der Waals surface area contributed by atoms with E-state index in [1.165, 1.54) is 16.8 Å². The van der Waals surface area contributed by atoms with E-state index in [0.717, 1.165) is 0 Å². The Bertz CT molecular complexity index is 1030. The summed E-state index contributed by atoms with van der Waals surface area (Å²) in [5, 5.41) is 23.5. The molecule has 2 unspecified atom stereocenters. The average Bonchev–Trinajstić information content (AvgIpc) is 3.26. The van der Waals surface area contributed by atoms with E-state index in [2.05, 4.69) is 10.1 Å². The molecular weight excluding hydrogens is 371 g/mol. The Balaban J connectivity index is 1.88. The van der Waals surface area contributed by atoms with Gasteiger partial charge in [-0.15, -0.1) is 11.3 Å². The van der Waals surface area contributed by atoms with E-state index in [-0.39, 0.29) is 30.1 Å². The first-order valence-electron chi connectivity index (χ1n) is 8.49. The van der Waals surface area contributed by atoms with Crippen LogP contribution in [-0.2, 0) is 11.3 Å².